The van der Waals surface area contributed by atoms with Crippen molar-refractivity contribution < 1.29 is 5.11 Å². The fraction of sp³-hybridized carbons (Fsp3) is 0.0769. The summed E-state index contributed by atoms with van der Waals surface area (Å²) >= 11 is 5.93. The molecule has 0 saturated heterocycles. The van der Waals surface area contributed by atoms with Crippen molar-refractivity contribution >= 4 is 28.7 Å². The van der Waals surface area contributed by atoms with Gasteiger partial charge in [-0.25, -0.2) is 0 Å². The van der Waals surface area contributed by atoms with Crippen LogP contribution < -0.4 is 11.1 Å². The van der Waals surface area contributed by atoms with E-state index in [1.54, 1.807) is 24.3 Å². The van der Waals surface area contributed by atoms with E-state index in [4.69, 9.17) is 17.3 Å². The Morgan fingerprint density at radius 1 is 1.24 bits per heavy atom. The van der Waals surface area contributed by atoms with Crippen molar-refractivity contribution in [1.29, 1.82) is 0 Å². The minimum Gasteiger partial charge on any atom is -0.506 e. The zero-order chi connectivity index (χ0) is 12.4. The van der Waals surface area contributed by atoms with E-state index in [9.17, 15) is 5.11 Å². The Kier molecular flexibility index (Phi) is 3.11. The molecular weight excluding hydrogens is 236 g/mol. The van der Waals surface area contributed by atoms with Gasteiger partial charge in [0.2, 0.25) is 0 Å². The number of benzene rings is 2. The Bertz CT molecular complexity index is 535. The minimum atomic E-state index is 0.206. The second kappa shape index (κ2) is 4.55. The van der Waals surface area contributed by atoms with Crippen LogP contribution in [0.25, 0.3) is 0 Å². The Hall–Kier alpha value is -1.87. The zero-order valence-electron chi connectivity index (χ0n) is 9.37. The number of aromatic hydroxyl groups is 1. The average molecular weight is 249 g/mol. The summed E-state index contributed by atoms with van der Waals surface area (Å²) in [6, 6.07) is 10.6. The van der Waals surface area contributed by atoms with E-state index in [2.05, 4.69) is 5.32 Å². The highest BCUT2D eigenvalue weighted by atomic mass is 35.5. The quantitative estimate of drug-likeness (QED) is 0.561. The van der Waals surface area contributed by atoms with E-state index in [-0.39, 0.29) is 5.75 Å². The number of para-hydroxylation sites is 1. The van der Waals surface area contributed by atoms with Crippen molar-refractivity contribution in [2.75, 3.05) is 11.1 Å². The summed E-state index contributed by atoms with van der Waals surface area (Å²) in [5, 5.41) is 13.4. The Labute approximate surface area is 105 Å². The van der Waals surface area contributed by atoms with Crippen molar-refractivity contribution in [3.8, 4) is 5.75 Å². The van der Waals surface area contributed by atoms with Gasteiger partial charge in [-0.3, -0.25) is 0 Å². The lowest BCUT2D eigenvalue weighted by atomic mass is 10.1. The van der Waals surface area contributed by atoms with Gasteiger partial charge in [0.05, 0.1) is 16.4 Å². The summed E-state index contributed by atoms with van der Waals surface area (Å²) in [4.78, 5) is 0. The summed E-state index contributed by atoms with van der Waals surface area (Å²) in [6.45, 7) is 1.92. The summed E-state index contributed by atoms with van der Waals surface area (Å²) in [5.74, 6) is 0.206. The maximum Gasteiger partial charge on any atom is 0.139 e. The van der Waals surface area contributed by atoms with Gasteiger partial charge in [-0.2, -0.15) is 0 Å². The van der Waals surface area contributed by atoms with Gasteiger partial charge in [0.25, 0.3) is 0 Å². The Morgan fingerprint density at radius 2 is 2.00 bits per heavy atom. The third kappa shape index (κ3) is 2.45. The third-order valence-electron chi connectivity index (χ3n) is 2.52. The molecule has 0 radical (unpaired) electrons. The van der Waals surface area contributed by atoms with Gasteiger partial charge in [-0.05, 0) is 36.8 Å². The van der Waals surface area contributed by atoms with Crippen LogP contribution in [-0.2, 0) is 0 Å². The molecule has 0 fully saturated rings. The highest BCUT2D eigenvalue weighted by Gasteiger charge is 2.05. The number of aryl methyl sites for hydroxylation is 1. The highest BCUT2D eigenvalue weighted by Crippen LogP contribution is 2.31. The van der Waals surface area contributed by atoms with Gasteiger partial charge in [-0.1, -0.05) is 23.7 Å². The highest BCUT2D eigenvalue weighted by molar-refractivity contribution is 6.33. The summed E-state index contributed by atoms with van der Waals surface area (Å²) in [5.41, 5.74) is 8.58. The molecule has 3 nitrogen and oxygen atoms in total. The Morgan fingerprint density at radius 3 is 2.65 bits per heavy atom. The van der Waals surface area contributed by atoms with Crippen molar-refractivity contribution in [3.05, 3.63) is 47.0 Å². The fourth-order valence-electron chi connectivity index (χ4n) is 1.56. The molecule has 0 aliphatic carbocycles. The maximum atomic E-state index is 9.76. The molecule has 0 aliphatic heterocycles. The first-order valence-electron chi connectivity index (χ1n) is 5.18. The van der Waals surface area contributed by atoms with E-state index in [1.807, 2.05) is 19.1 Å². The standard InChI is InChI=1S/C13H13ClN2O/c1-8-3-2-4-12(17)13(8)16-9-5-6-11(15)10(14)7-9/h2-7,16-17H,15H2,1H3. The molecule has 2 aromatic rings. The van der Waals surface area contributed by atoms with Crippen LogP contribution in [0.5, 0.6) is 5.75 Å². The SMILES string of the molecule is Cc1cccc(O)c1Nc1ccc(N)c(Cl)c1. The molecule has 0 heterocycles. The van der Waals surface area contributed by atoms with Crippen molar-refractivity contribution in [2.24, 2.45) is 0 Å². The largest absolute Gasteiger partial charge is 0.506 e. The number of hydrogen-bond acceptors (Lipinski definition) is 3. The molecule has 0 amide bonds. The molecule has 4 heteroatoms. The maximum absolute atomic E-state index is 9.76. The van der Waals surface area contributed by atoms with Crippen LogP contribution in [0, 0.1) is 6.92 Å². The summed E-state index contributed by atoms with van der Waals surface area (Å²) in [6.07, 6.45) is 0. The van der Waals surface area contributed by atoms with Crippen LogP contribution in [0.15, 0.2) is 36.4 Å². The second-order valence-corrected chi connectivity index (χ2v) is 4.24. The van der Waals surface area contributed by atoms with Gasteiger partial charge in [-0.15, -0.1) is 0 Å². The predicted molar refractivity (Wildman–Crippen MR) is 72.0 cm³/mol. The van der Waals surface area contributed by atoms with Gasteiger partial charge in [0.1, 0.15) is 5.75 Å². The van der Waals surface area contributed by atoms with Gasteiger partial charge in [0.15, 0.2) is 0 Å². The monoisotopic (exact) mass is 248 g/mol. The van der Waals surface area contributed by atoms with Crippen LogP contribution in [0.2, 0.25) is 5.02 Å². The first-order chi connectivity index (χ1) is 8.08. The zero-order valence-corrected chi connectivity index (χ0v) is 10.1. The topological polar surface area (TPSA) is 58.3 Å². The van der Waals surface area contributed by atoms with Crippen LogP contribution in [-0.4, -0.2) is 5.11 Å². The van der Waals surface area contributed by atoms with Crippen molar-refractivity contribution in [1.82, 2.24) is 0 Å². The number of halogens is 1. The summed E-state index contributed by atoms with van der Waals surface area (Å²) in [7, 11) is 0. The lowest BCUT2D eigenvalue weighted by Gasteiger charge is -2.12. The van der Waals surface area contributed by atoms with E-state index < -0.39 is 0 Å². The van der Waals surface area contributed by atoms with Gasteiger partial charge in [0, 0.05) is 5.69 Å². The smallest absolute Gasteiger partial charge is 0.139 e. The molecule has 0 spiro atoms. The van der Waals surface area contributed by atoms with Crippen LogP contribution in [0.3, 0.4) is 0 Å². The van der Waals surface area contributed by atoms with E-state index in [1.165, 1.54) is 0 Å². The number of anilines is 3. The molecule has 0 saturated carbocycles. The number of nitrogens with one attached hydrogen (secondary N) is 1. The van der Waals surface area contributed by atoms with Gasteiger partial charge >= 0.3 is 0 Å². The van der Waals surface area contributed by atoms with Crippen LogP contribution >= 0.6 is 11.6 Å². The van der Waals surface area contributed by atoms with Crippen molar-refractivity contribution in [3.63, 3.8) is 0 Å². The van der Waals surface area contributed by atoms with E-state index in [0.29, 0.717) is 16.4 Å². The number of nitrogen functional groups attached to an aromatic ring is 1. The number of nitrogens with two attached hydrogens (primary N) is 1. The molecule has 0 bridgehead atoms. The first kappa shape index (κ1) is 11.6. The normalized spacial score (nSPS) is 10.2. The van der Waals surface area contributed by atoms with Crippen LogP contribution in [0.1, 0.15) is 5.56 Å². The molecule has 0 aliphatic rings. The molecule has 0 unspecified atom stereocenters. The number of phenols is 1. The average Bonchev–Trinajstić information content (AvgIpc) is 2.28. The molecule has 4 N–H and O–H groups in total. The van der Waals surface area contributed by atoms with E-state index in [0.717, 1.165) is 11.3 Å². The van der Waals surface area contributed by atoms with Crippen molar-refractivity contribution in [2.45, 2.75) is 6.92 Å². The van der Waals surface area contributed by atoms with E-state index >= 15 is 0 Å². The minimum absolute atomic E-state index is 0.206. The molecule has 88 valence electrons. The third-order valence-corrected chi connectivity index (χ3v) is 2.85. The van der Waals surface area contributed by atoms with Gasteiger partial charge < -0.3 is 16.2 Å². The molecule has 17 heavy (non-hydrogen) atoms. The molecular formula is C13H13ClN2O. The predicted octanol–water partition coefficient (Wildman–Crippen LogP) is 3.68. The molecule has 0 atom stereocenters. The van der Waals surface area contributed by atoms with Crippen LogP contribution in [0.4, 0.5) is 17.1 Å². The summed E-state index contributed by atoms with van der Waals surface area (Å²) < 4.78 is 0. The molecule has 2 aromatic carbocycles. The Balaban J connectivity index is 2.35. The lowest BCUT2D eigenvalue weighted by molar-refractivity contribution is 0.477. The lowest BCUT2D eigenvalue weighted by Crippen LogP contribution is -1.94. The first-order valence-corrected chi connectivity index (χ1v) is 5.56. The fourth-order valence-corrected chi connectivity index (χ4v) is 1.74. The second-order valence-electron chi connectivity index (χ2n) is 3.83. The number of phenolic OH excluding ortho intramolecular Hbond substituents is 1. The number of hydrogen-bond donors (Lipinski definition) is 3. The number of rotatable bonds is 2. The molecule has 0 aromatic heterocycles. The molecule has 2 rings (SSSR count).